The van der Waals surface area contributed by atoms with E-state index in [4.69, 9.17) is 14.2 Å². The summed E-state index contributed by atoms with van der Waals surface area (Å²) in [6, 6.07) is 14.0. The number of nitrogens with zero attached hydrogens (tertiary/aromatic N) is 2. The van der Waals surface area contributed by atoms with Crippen molar-refractivity contribution in [3.8, 4) is 5.75 Å². The number of carbonyl (C=O) groups excluding carboxylic acids is 3. The largest absolute Gasteiger partial charge is 0.509 e. The number of aliphatic hydroxyl groups excluding tert-OH is 1. The van der Waals surface area contributed by atoms with Crippen LogP contribution in [0, 0.1) is 10.1 Å². The Morgan fingerprint density at radius 2 is 1.92 bits per heavy atom. The van der Waals surface area contributed by atoms with Gasteiger partial charge < -0.3 is 24.6 Å². The SMILES string of the molecule is COC1(NC(=O)COc2ccccc2)C(=O)N2C(C(=O)OCc3ccc([N+](=O)[O-])cc3)=C(O)CS[C@H]21. The van der Waals surface area contributed by atoms with Crippen LogP contribution in [0.25, 0.3) is 0 Å². The van der Waals surface area contributed by atoms with E-state index in [2.05, 4.69) is 5.32 Å². The second-order valence-electron chi connectivity index (χ2n) is 7.72. The predicted molar refractivity (Wildman–Crippen MR) is 125 cm³/mol. The first-order valence-corrected chi connectivity index (χ1v) is 11.6. The fourth-order valence-corrected chi connectivity index (χ4v) is 4.99. The van der Waals surface area contributed by atoms with Gasteiger partial charge in [0.15, 0.2) is 12.3 Å². The maximum atomic E-state index is 13.1. The van der Waals surface area contributed by atoms with Gasteiger partial charge in [0.2, 0.25) is 0 Å². The summed E-state index contributed by atoms with van der Waals surface area (Å²) < 4.78 is 16.0. The molecule has 0 aliphatic carbocycles. The molecule has 2 heterocycles. The highest BCUT2D eigenvalue weighted by molar-refractivity contribution is 8.00. The number of hydrogen-bond donors (Lipinski definition) is 2. The third kappa shape index (κ3) is 4.70. The van der Waals surface area contributed by atoms with E-state index < -0.39 is 33.8 Å². The van der Waals surface area contributed by atoms with E-state index in [1.54, 1.807) is 30.3 Å². The van der Waals surface area contributed by atoms with Crippen molar-refractivity contribution in [3.05, 3.63) is 81.7 Å². The molecule has 188 valence electrons. The number of β-lactam (4-membered cyclic amide) rings is 1. The van der Waals surface area contributed by atoms with Crippen LogP contribution in [0.3, 0.4) is 0 Å². The summed E-state index contributed by atoms with van der Waals surface area (Å²) >= 11 is 1.10. The molecule has 2 aromatic carbocycles. The molecule has 13 heteroatoms. The van der Waals surface area contributed by atoms with Crippen molar-refractivity contribution in [1.29, 1.82) is 0 Å². The highest BCUT2D eigenvalue weighted by atomic mass is 32.2. The molecule has 2 atom stereocenters. The highest BCUT2D eigenvalue weighted by Gasteiger charge is 2.67. The van der Waals surface area contributed by atoms with E-state index in [9.17, 15) is 29.6 Å². The van der Waals surface area contributed by atoms with Crippen LogP contribution in [0.1, 0.15) is 5.56 Å². The van der Waals surface area contributed by atoms with Gasteiger partial charge in [0.1, 0.15) is 23.5 Å². The average molecular weight is 516 g/mol. The van der Waals surface area contributed by atoms with Crippen LogP contribution in [0.4, 0.5) is 5.69 Å². The second-order valence-corrected chi connectivity index (χ2v) is 8.79. The van der Waals surface area contributed by atoms with Gasteiger partial charge in [-0.05, 0) is 29.8 Å². The number of nitrogens with one attached hydrogen (secondary N) is 1. The number of nitro groups is 1. The molecule has 2 aromatic rings. The molecule has 2 amide bonds. The minimum atomic E-state index is -1.76. The Morgan fingerprint density at radius 1 is 1.22 bits per heavy atom. The van der Waals surface area contributed by atoms with E-state index >= 15 is 0 Å². The molecule has 2 aliphatic heterocycles. The van der Waals surface area contributed by atoms with E-state index in [0.717, 1.165) is 16.7 Å². The number of para-hydroxylation sites is 1. The van der Waals surface area contributed by atoms with Crippen LogP contribution < -0.4 is 10.1 Å². The van der Waals surface area contributed by atoms with Gasteiger partial charge in [0.05, 0.1) is 10.7 Å². The molecule has 0 bridgehead atoms. The zero-order valence-electron chi connectivity index (χ0n) is 18.9. The molecular weight excluding hydrogens is 494 g/mol. The van der Waals surface area contributed by atoms with E-state index in [1.807, 2.05) is 0 Å². The summed E-state index contributed by atoms with van der Waals surface area (Å²) in [5.41, 5.74) is -1.75. The normalized spacial score (nSPS) is 20.8. The van der Waals surface area contributed by atoms with Gasteiger partial charge in [0, 0.05) is 19.2 Å². The van der Waals surface area contributed by atoms with Gasteiger partial charge in [-0.1, -0.05) is 18.2 Å². The van der Waals surface area contributed by atoms with Crippen LogP contribution in [-0.4, -0.2) is 63.3 Å². The molecule has 2 N–H and O–H groups in total. The maximum absolute atomic E-state index is 13.1. The summed E-state index contributed by atoms with van der Waals surface area (Å²) in [6.45, 7) is -0.610. The van der Waals surface area contributed by atoms with Crippen molar-refractivity contribution in [1.82, 2.24) is 10.2 Å². The lowest BCUT2D eigenvalue weighted by atomic mass is 9.99. The first-order valence-electron chi connectivity index (χ1n) is 10.6. The molecule has 2 aliphatic rings. The number of amides is 2. The number of carbonyl (C=O) groups is 3. The van der Waals surface area contributed by atoms with E-state index in [1.165, 1.54) is 31.4 Å². The van der Waals surface area contributed by atoms with Gasteiger partial charge in [-0.3, -0.25) is 24.6 Å². The second kappa shape index (κ2) is 10.3. The first kappa shape index (κ1) is 25.0. The monoisotopic (exact) mass is 515 g/mol. The van der Waals surface area contributed by atoms with Crippen LogP contribution >= 0.6 is 11.8 Å². The summed E-state index contributed by atoms with van der Waals surface area (Å²) in [5, 5.41) is 22.8. The molecular formula is C23H21N3O9S. The standard InChI is InChI=1S/C23H21N3O9S/c1-33-23(24-18(28)12-34-16-5-3-2-4-6-16)21(30)25-19(17(27)13-36-22(23)25)20(29)35-11-14-7-9-15(10-8-14)26(31)32/h2-10,22,27H,11-13H2,1H3,(H,24,28)/t22-,23?/m0/s1. The van der Waals surface area contributed by atoms with Crippen LogP contribution in [0.5, 0.6) is 5.75 Å². The number of ether oxygens (including phenoxy) is 3. The molecule has 0 aromatic heterocycles. The summed E-state index contributed by atoms with van der Waals surface area (Å²) in [5.74, 6) is -2.26. The zero-order valence-corrected chi connectivity index (χ0v) is 19.7. The van der Waals surface area contributed by atoms with Crippen molar-refractivity contribution < 1.29 is 38.6 Å². The van der Waals surface area contributed by atoms with Gasteiger partial charge in [-0.15, -0.1) is 11.8 Å². The minimum absolute atomic E-state index is 0.0299. The molecule has 12 nitrogen and oxygen atoms in total. The molecule has 1 unspecified atom stereocenters. The molecule has 0 saturated carbocycles. The molecule has 0 spiro atoms. The molecule has 4 rings (SSSR count). The fraction of sp³-hybridized carbons (Fsp3) is 0.261. The van der Waals surface area contributed by atoms with E-state index in [0.29, 0.717) is 11.3 Å². The lowest BCUT2D eigenvalue weighted by Gasteiger charge is -2.55. The smallest absolute Gasteiger partial charge is 0.358 e. The number of esters is 1. The van der Waals surface area contributed by atoms with Gasteiger partial charge >= 0.3 is 5.97 Å². The Bertz CT molecular complexity index is 1220. The summed E-state index contributed by atoms with van der Waals surface area (Å²) in [7, 11) is 1.25. The number of nitro benzene ring substituents is 1. The topological polar surface area (TPSA) is 158 Å². The number of thioether (sulfide) groups is 1. The van der Waals surface area contributed by atoms with Crippen molar-refractivity contribution in [3.63, 3.8) is 0 Å². The fourth-order valence-electron chi connectivity index (χ4n) is 3.69. The Labute approximate surface area is 209 Å². The van der Waals surface area contributed by atoms with Crippen LogP contribution in [0.2, 0.25) is 0 Å². The Balaban J connectivity index is 1.41. The number of fused-ring (bicyclic) bond motifs is 1. The predicted octanol–water partition coefficient (Wildman–Crippen LogP) is 1.86. The van der Waals surface area contributed by atoms with Crippen molar-refractivity contribution in [2.45, 2.75) is 17.7 Å². The number of non-ortho nitro benzene ring substituents is 1. The lowest BCUT2D eigenvalue weighted by molar-refractivity contribution is -0.384. The number of aliphatic hydroxyl groups is 1. The minimum Gasteiger partial charge on any atom is -0.509 e. The number of benzene rings is 2. The average Bonchev–Trinajstić information content (AvgIpc) is 2.89. The maximum Gasteiger partial charge on any atom is 0.358 e. The van der Waals surface area contributed by atoms with E-state index in [-0.39, 0.29) is 36.1 Å². The van der Waals surface area contributed by atoms with Crippen molar-refractivity contribution in [2.24, 2.45) is 0 Å². The molecule has 1 saturated heterocycles. The molecule has 36 heavy (non-hydrogen) atoms. The Morgan fingerprint density at radius 3 is 2.56 bits per heavy atom. The van der Waals surface area contributed by atoms with Crippen molar-refractivity contribution in [2.75, 3.05) is 19.5 Å². The van der Waals surface area contributed by atoms with Crippen LogP contribution in [-0.2, 0) is 30.5 Å². The zero-order chi connectivity index (χ0) is 25.9. The quantitative estimate of drug-likeness (QED) is 0.166. The molecule has 1 fully saturated rings. The Kier molecular flexibility index (Phi) is 7.12. The number of methoxy groups -OCH3 is 1. The number of hydrogen-bond acceptors (Lipinski definition) is 10. The Hall–Kier alpha value is -4.10. The third-order valence-corrected chi connectivity index (χ3v) is 6.78. The molecule has 0 radical (unpaired) electrons. The lowest BCUT2D eigenvalue weighted by Crippen LogP contribution is -2.81. The van der Waals surface area contributed by atoms with Crippen LogP contribution in [0.15, 0.2) is 66.1 Å². The summed E-state index contributed by atoms with van der Waals surface area (Å²) in [6.07, 6.45) is 0. The van der Waals surface area contributed by atoms with Crippen molar-refractivity contribution >= 4 is 35.2 Å². The van der Waals surface area contributed by atoms with Gasteiger partial charge in [-0.2, -0.15) is 0 Å². The number of rotatable bonds is 9. The first-order chi connectivity index (χ1) is 17.3. The highest BCUT2D eigenvalue weighted by Crippen LogP contribution is 2.46. The van der Waals surface area contributed by atoms with Gasteiger partial charge in [-0.25, -0.2) is 4.79 Å². The van der Waals surface area contributed by atoms with Gasteiger partial charge in [0.25, 0.3) is 23.2 Å². The summed E-state index contributed by atoms with van der Waals surface area (Å²) in [4.78, 5) is 49.6. The third-order valence-electron chi connectivity index (χ3n) is 5.48.